The summed E-state index contributed by atoms with van der Waals surface area (Å²) in [5, 5.41) is 2.95. The van der Waals surface area contributed by atoms with E-state index in [-0.39, 0.29) is 17.6 Å². The molecule has 0 aromatic heterocycles. The van der Waals surface area contributed by atoms with Crippen LogP contribution in [0, 0.1) is 20.8 Å². The molecule has 1 fully saturated rings. The van der Waals surface area contributed by atoms with Crippen LogP contribution in [0.15, 0.2) is 12.1 Å². The van der Waals surface area contributed by atoms with Crippen LogP contribution in [0.25, 0.3) is 0 Å². The van der Waals surface area contributed by atoms with Gasteiger partial charge in [0.25, 0.3) is 0 Å². The Morgan fingerprint density at radius 1 is 1.13 bits per heavy atom. The zero-order valence-electron chi connectivity index (χ0n) is 14.0. The summed E-state index contributed by atoms with van der Waals surface area (Å²) in [7, 11) is 0. The third kappa shape index (κ3) is 5.25. The number of hydrogen-bond acceptors (Lipinski definition) is 4. The number of morpholine rings is 1. The highest BCUT2D eigenvalue weighted by molar-refractivity contribution is 8.00. The third-order valence-electron chi connectivity index (χ3n) is 3.76. The number of anilines is 1. The number of ether oxygens (including phenoxy) is 1. The van der Waals surface area contributed by atoms with Crippen LogP contribution in [0.4, 0.5) is 5.69 Å². The van der Waals surface area contributed by atoms with E-state index in [9.17, 15) is 9.59 Å². The van der Waals surface area contributed by atoms with Gasteiger partial charge in [0.1, 0.15) is 0 Å². The number of nitrogens with zero attached hydrogens (tertiary/aromatic N) is 1. The van der Waals surface area contributed by atoms with Crippen LogP contribution < -0.4 is 5.32 Å². The summed E-state index contributed by atoms with van der Waals surface area (Å²) in [5.41, 5.74) is 4.18. The lowest BCUT2D eigenvalue weighted by Gasteiger charge is -2.26. The van der Waals surface area contributed by atoms with Crippen LogP contribution in [0.3, 0.4) is 0 Å². The quantitative estimate of drug-likeness (QED) is 0.895. The van der Waals surface area contributed by atoms with Crippen molar-refractivity contribution in [3.63, 3.8) is 0 Å². The summed E-state index contributed by atoms with van der Waals surface area (Å²) in [6.07, 6.45) is 0. The molecule has 0 aliphatic carbocycles. The maximum atomic E-state index is 12.1. The molecule has 0 unspecified atom stereocenters. The van der Waals surface area contributed by atoms with E-state index >= 15 is 0 Å². The average molecular weight is 336 g/mol. The van der Waals surface area contributed by atoms with Crippen LogP contribution in [-0.2, 0) is 14.3 Å². The van der Waals surface area contributed by atoms with Gasteiger partial charge in [-0.3, -0.25) is 9.59 Å². The number of aryl methyl sites for hydroxylation is 3. The molecule has 0 atom stereocenters. The minimum Gasteiger partial charge on any atom is -0.378 e. The molecule has 1 heterocycles. The first kappa shape index (κ1) is 17.8. The molecule has 1 aromatic rings. The van der Waals surface area contributed by atoms with Gasteiger partial charge in [0.15, 0.2) is 0 Å². The molecule has 1 N–H and O–H groups in total. The number of carbonyl (C=O) groups excluding carboxylic acids is 2. The van der Waals surface area contributed by atoms with E-state index in [2.05, 4.69) is 17.4 Å². The van der Waals surface area contributed by atoms with Gasteiger partial charge in [-0.05, 0) is 31.9 Å². The molecule has 6 heteroatoms. The maximum absolute atomic E-state index is 12.1. The van der Waals surface area contributed by atoms with Crippen molar-refractivity contribution in [2.24, 2.45) is 0 Å². The summed E-state index contributed by atoms with van der Waals surface area (Å²) in [6.45, 7) is 8.51. The minimum absolute atomic E-state index is 0.0696. The van der Waals surface area contributed by atoms with Crippen molar-refractivity contribution in [1.29, 1.82) is 0 Å². The Morgan fingerprint density at radius 3 is 2.35 bits per heavy atom. The number of thioether (sulfide) groups is 1. The van der Waals surface area contributed by atoms with Crippen molar-refractivity contribution in [2.45, 2.75) is 20.8 Å². The highest BCUT2D eigenvalue weighted by Gasteiger charge is 2.17. The van der Waals surface area contributed by atoms with E-state index in [0.717, 1.165) is 16.8 Å². The Bertz CT molecular complexity index is 560. The molecule has 0 saturated carbocycles. The maximum Gasteiger partial charge on any atom is 0.234 e. The zero-order valence-corrected chi connectivity index (χ0v) is 14.8. The van der Waals surface area contributed by atoms with Gasteiger partial charge in [0.05, 0.1) is 24.7 Å². The number of benzene rings is 1. The molecule has 5 nitrogen and oxygen atoms in total. The standard InChI is InChI=1S/C17H24N2O3S/c1-12-8-13(2)17(14(3)9-12)18-15(20)10-23-11-16(21)19-4-6-22-7-5-19/h8-9H,4-7,10-11H2,1-3H3,(H,18,20). The summed E-state index contributed by atoms with van der Waals surface area (Å²) in [5.74, 6) is 0.621. The van der Waals surface area contributed by atoms with Gasteiger partial charge in [-0.1, -0.05) is 17.7 Å². The fraction of sp³-hybridized carbons (Fsp3) is 0.529. The molecular formula is C17H24N2O3S. The van der Waals surface area contributed by atoms with Gasteiger partial charge in [-0.25, -0.2) is 0 Å². The number of hydrogen-bond donors (Lipinski definition) is 1. The molecule has 0 radical (unpaired) electrons. The van der Waals surface area contributed by atoms with Gasteiger partial charge in [-0.15, -0.1) is 11.8 Å². The fourth-order valence-electron chi connectivity index (χ4n) is 2.69. The first-order chi connectivity index (χ1) is 11.0. The first-order valence-corrected chi connectivity index (χ1v) is 8.94. The van der Waals surface area contributed by atoms with E-state index in [1.54, 1.807) is 4.90 Å². The molecule has 1 aromatic carbocycles. The smallest absolute Gasteiger partial charge is 0.234 e. The molecule has 23 heavy (non-hydrogen) atoms. The molecule has 126 valence electrons. The largest absolute Gasteiger partial charge is 0.378 e. The van der Waals surface area contributed by atoms with Crippen molar-refractivity contribution in [3.8, 4) is 0 Å². The normalized spacial score (nSPS) is 14.7. The zero-order chi connectivity index (χ0) is 16.8. The number of rotatable bonds is 5. The number of nitrogens with one attached hydrogen (secondary N) is 1. The Kier molecular flexibility index (Phi) is 6.47. The van der Waals surface area contributed by atoms with E-state index < -0.39 is 0 Å². The molecule has 1 aliphatic rings. The Balaban J connectivity index is 1.78. The lowest BCUT2D eigenvalue weighted by molar-refractivity contribution is -0.132. The van der Waals surface area contributed by atoms with Crippen molar-refractivity contribution in [1.82, 2.24) is 4.90 Å². The molecule has 2 rings (SSSR count). The summed E-state index contributed by atoms with van der Waals surface area (Å²) >= 11 is 1.35. The highest BCUT2D eigenvalue weighted by atomic mass is 32.2. The lowest BCUT2D eigenvalue weighted by Crippen LogP contribution is -2.41. The van der Waals surface area contributed by atoms with Crippen molar-refractivity contribution in [3.05, 3.63) is 28.8 Å². The third-order valence-corrected chi connectivity index (χ3v) is 4.68. The molecule has 0 spiro atoms. The molecule has 1 aliphatic heterocycles. The fourth-order valence-corrected chi connectivity index (χ4v) is 3.40. The van der Waals surface area contributed by atoms with Gasteiger partial charge in [-0.2, -0.15) is 0 Å². The molecule has 0 bridgehead atoms. The summed E-state index contributed by atoms with van der Waals surface area (Å²) < 4.78 is 5.22. The van der Waals surface area contributed by atoms with Gasteiger partial charge in [0, 0.05) is 18.8 Å². The van der Waals surface area contributed by atoms with Crippen molar-refractivity contribution < 1.29 is 14.3 Å². The van der Waals surface area contributed by atoms with Crippen LogP contribution in [0.2, 0.25) is 0 Å². The highest BCUT2D eigenvalue weighted by Crippen LogP contribution is 2.22. The summed E-state index contributed by atoms with van der Waals surface area (Å²) in [6, 6.07) is 4.11. The SMILES string of the molecule is Cc1cc(C)c(NC(=O)CSCC(=O)N2CCOCC2)c(C)c1. The second kappa shape index (κ2) is 8.36. The number of carbonyl (C=O) groups is 2. The van der Waals surface area contributed by atoms with Gasteiger partial charge in [0.2, 0.25) is 11.8 Å². The predicted octanol–water partition coefficient (Wildman–Crippen LogP) is 2.14. The molecular weight excluding hydrogens is 312 g/mol. The van der Waals surface area contributed by atoms with Crippen molar-refractivity contribution in [2.75, 3.05) is 43.1 Å². The molecule has 2 amide bonds. The average Bonchev–Trinajstić information content (AvgIpc) is 2.51. The monoisotopic (exact) mass is 336 g/mol. The van der Waals surface area contributed by atoms with Crippen LogP contribution >= 0.6 is 11.8 Å². The van der Waals surface area contributed by atoms with E-state index in [0.29, 0.717) is 32.1 Å². The van der Waals surface area contributed by atoms with Gasteiger partial charge >= 0.3 is 0 Å². The Hall–Kier alpha value is -1.53. The Morgan fingerprint density at radius 2 is 1.74 bits per heavy atom. The second-order valence-corrected chi connectivity index (χ2v) is 6.79. The number of amides is 2. The predicted molar refractivity (Wildman–Crippen MR) is 94.0 cm³/mol. The van der Waals surface area contributed by atoms with E-state index in [4.69, 9.17) is 4.74 Å². The molecule has 1 saturated heterocycles. The Labute approximate surface area is 141 Å². The van der Waals surface area contributed by atoms with Crippen LogP contribution in [0.1, 0.15) is 16.7 Å². The summed E-state index contributed by atoms with van der Waals surface area (Å²) in [4.78, 5) is 25.9. The first-order valence-electron chi connectivity index (χ1n) is 7.78. The van der Waals surface area contributed by atoms with Gasteiger partial charge < -0.3 is 15.0 Å². The minimum atomic E-state index is -0.0696. The topological polar surface area (TPSA) is 58.6 Å². The van der Waals surface area contributed by atoms with Crippen LogP contribution in [-0.4, -0.2) is 54.5 Å². The van der Waals surface area contributed by atoms with E-state index in [1.165, 1.54) is 17.3 Å². The van der Waals surface area contributed by atoms with E-state index in [1.807, 2.05) is 20.8 Å². The lowest BCUT2D eigenvalue weighted by atomic mass is 10.1. The second-order valence-electron chi connectivity index (χ2n) is 5.81. The van der Waals surface area contributed by atoms with Crippen LogP contribution in [0.5, 0.6) is 0 Å². The van der Waals surface area contributed by atoms with Crippen molar-refractivity contribution >= 4 is 29.3 Å².